The van der Waals surface area contributed by atoms with Crippen LogP contribution in [0.2, 0.25) is 0 Å². The highest BCUT2D eigenvalue weighted by Crippen LogP contribution is 2.44. The van der Waals surface area contributed by atoms with Crippen molar-refractivity contribution >= 4 is 0 Å². The average Bonchev–Trinajstić information content (AvgIpc) is 2.12. The fraction of sp³-hybridized carbons (Fsp3) is 0.846. The van der Waals surface area contributed by atoms with Gasteiger partial charge in [0, 0.05) is 0 Å². The van der Waals surface area contributed by atoms with Crippen LogP contribution in [0.4, 0.5) is 0 Å². The third kappa shape index (κ3) is 2.84. The maximum atomic E-state index is 9.87. The van der Waals surface area contributed by atoms with Crippen LogP contribution in [0.3, 0.4) is 0 Å². The number of rotatable bonds is 2. The van der Waals surface area contributed by atoms with Crippen molar-refractivity contribution in [3.63, 3.8) is 0 Å². The zero-order valence-electron chi connectivity index (χ0n) is 10.6. The van der Waals surface area contributed by atoms with E-state index < -0.39 is 18.3 Å². The highest BCUT2D eigenvalue weighted by Gasteiger charge is 2.44. The molecule has 1 fully saturated rings. The van der Waals surface area contributed by atoms with Crippen molar-refractivity contribution in [1.29, 1.82) is 0 Å². The molecule has 3 heteroatoms. The molecule has 1 saturated carbocycles. The Bertz CT molecular complexity index is 258. The van der Waals surface area contributed by atoms with E-state index in [9.17, 15) is 15.3 Å². The van der Waals surface area contributed by atoms with Crippen LogP contribution in [-0.4, -0.2) is 33.6 Å². The van der Waals surface area contributed by atoms with Gasteiger partial charge in [0.25, 0.3) is 0 Å². The normalized spacial score (nSPS) is 41.2. The number of hydrogen-bond donors (Lipinski definition) is 3. The molecule has 0 spiro atoms. The first-order chi connectivity index (χ1) is 7.25. The summed E-state index contributed by atoms with van der Waals surface area (Å²) in [5.41, 5.74) is -0.0521. The van der Waals surface area contributed by atoms with Crippen LogP contribution in [0.15, 0.2) is 12.2 Å². The maximum Gasteiger partial charge on any atom is 0.0830 e. The summed E-state index contributed by atoms with van der Waals surface area (Å²) in [7, 11) is 0. The summed E-state index contributed by atoms with van der Waals surface area (Å²) in [4.78, 5) is 0. The lowest BCUT2D eigenvalue weighted by Crippen LogP contribution is -2.48. The monoisotopic (exact) mass is 228 g/mol. The van der Waals surface area contributed by atoms with Gasteiger partial charge in [-0.3, -0.25) is 0 Å². The zero-order valence-corrected chi connectivity index (χ0v) is 10.6. The second kappa shape index (κ2) is 4.86. The highest BCUT2D eigenvalue weighted by atomic mass is 16.3. The zero-order chi connectivity index (χ0) is 12.5. The Kier molecular flexibility index (Phi) is 4.16. The molecule has 0 bridgehead atoms. The van der Waals surface area contributed by atoms with Crippen molar-refractivity contribution in [2.75, 3.05) is 0 Å². The minimum Gasteiger partial charge on any atom is -0.390 e. The second-order valence-electron chi connectivity index (χ2n) is 5.76. The Morgan fingerprint density at radius 3 is 2.38 bits per heavy atom. The molecule has 0 aromatic carbocycles. The first kappa shape index (κ1) is 13.7. The van der Waals surface area contributed by atoms with E-state index in [4.69, 9.17) is 0 Å². The molecule has 0 aromatic heterocycles. The van der Waals surface area contributed by atoms with Crippen LogP contribution in [0, 0.1) is 17.3 Å². The van der Waals surface area contributed by atoms with Crippen LogP contribution in [0.5, 0.6) is 0 Å². The molecule has 16 heavy (non-hydrogen) atoms. The first-order valence-electron chi connectivity index (χ1n) is 5.98. The van der Waals surface area contributed by atoms with Crippen molar-refractivity contribution < 1.29 is 15.3 Å². The lowest BCUT2D eigenvalue weighted by molar-refractivity contribution is -0.0970. The van der Waals surface area contributed by atoms with Crippen LogP contribution >= 0.6 is 0 Å². The molecule has 1 aliphatic carbocycles. The van der Waals surface area contributed by atoms with Gasteiger partial charge in [-0.05, 0) is 30.6 Å². The van der Waals surface area contributed by atoms with Gasteiger partial charge in [0.05, 0.1) is 18.3 Å². The molecule has 5 atom stereocenters. The summed E-state index contributed by atoms with van der Waals surface area (Å²) in [5, 5.41) is 28.9. The lowest BCUT2D eigenvalue weighted by Gasteiger charge is -2.46. The van der Waals surface area contributed by atoms with E-state index >= 15 is 0 Å². The molecule has 3 nitrogen and oxygen atoms in total. The average molecular weight is 228 g/mol. The Hall–Kier alpha value is -0.380. The summed E-state index contributed by atoms with van der Waals surface area (Å²) < 4.78 is 0. The van der Waals surface area contributed by atoms with Gasteiger partial charge in [-0.1, -0.05) is 32.9 Å². The van der Waals surface area contributed by atoms with E-state index in [1.165, 1.54) is 0 Å². The van der Waals surface area contributed by atoms with Gasteiger partial charge < -0.3 is 15.3 Å². The van der Waals surface area contributed by atoms with Crippen LogP contribution in [-0.2, 0) is 0 Å². The summed E-state index contributed by atoms with van der Waals surface area (Å²) >= 11 is 0. The molecular formula is C13H24O3. The van der Waals surface area contributed by atoms with Gasteiger partial charge in [-0.2, -0.15) is 0 Å². The van der Waals surface area contributed by atoms with E-state index in [1.807, 2.05) is 13.0 Å². The summed E-state index contributed by atoms with van der Waals surface area (Å²) in [5.74, 6) is 0.189. The first-order valence-corrected chi connectivity index (χ1v) is 5.98. The number of allylic oxidation sites excluding steroid dienone is 1. The van der Waals surface area contributed by atoms with E-state index in [1.54, 1.807) is 13.0 Å². The van der Waals surface area contributed by atoms with E-state index in [0.717, 1.165) is 0 Å². The standard InChI is InChI=1S/C13H24O3/c1-8(14)5-6-10-9(2)12(16)11(15)7-13(10,3)4/h5-6,8-12,14-16H,7H2,1-4H3/t8-,9-,10-,11-,12-/m0/s1. The Morgan fingerprint density at radius 1 is 1.31 bits per heavy atom. The van der Waals surface area contributed by atoms with Crippen molar-refractivity contribution in [3.8, 4) is 0 Å². The highest BCUT2D eigenvalue weighted by molar-refractivity contribution is 5.05. The number of hydrogen-bond acceptors (Lipinski definition) is 3. The van der Waals surface area contributed by atoms with E-state index in [-0.39, 0.29) is 17.3 Å². The van der Waals surface area contributed by atoms with Crippen molar-refractivity contribution in [2.24, 2.45) is 17.3 Å². The van der Waals surface area contributed by atoms with Gasteiger partial charge in [0.2, 0.25) is 0 Å². The molecule has 0 heterocycles. The third-order valence-corrected chi connectivity index (χ3v) is 3.73. The van der Waals surface area contributed by atoms with Crippen molar-refractivity contribution in [2.45, 2.75) is 52.4 Å². The number of aliphatic hydroxyl groups is 3. The fourth-order valence-electron chi connectivity index (χ4n) is 2.79. The quantitative estimate of drug-likeness (QED) is 0.625. The lowest BCUT2D eigenvalue weighted by atomic mass is 9.62. The van der Waals surface area contributed by atoms with Crippen molar-refractivity contribution in [1.82, 2.24) is 0 Å². The molecule has 0 amide bonds. The predicted octanol–water partition coefficient (Wildman–Crippen LogP) is 1.33. The van der Waals surface area contributed by atoms with Gasteiger partial charge in [-0.15, -0.1) is 0 Å². The summed E-state index contributed by atoms with van der Waals surface area (Å²) in [6.07, 6.45) is 2.55. The molecule has 94 valence electrons. The molecule has 1 rings (SSSR count). The predicted molar refractivity (Wildman–Crippen MR) is 63.9 cm³/mol. The van der Waals surface area contributed by atoms with E-state index in [2.05, 4.69) is 13.8 Å². The van der Waals surface area contributed by atoms with Gasteiger partial charge in [0.1, 0.15) is 0 Å². The molecule has 0 aliphatic heterocycles. The smallest absolute Gasteiger partial charge is 0.0830 e. The summed E-state index contributed by atoms with van der Waals surface area (Å²) in [6, 6.07) is 0. The van der Waals surface area contributed by atoms with Crippen LogP contribution < -0.4 is 0 Å². The molecule has 3 N–H and O–H groups in total. The summed E-state index contributed by atoms with van der Waals surface area (Å²) in [6.45, 7) is 7.85. The Morgan fingerprint density at radius 2 is 1.88 bits per heavy atom. The molecule has 0 radical (unpaired) electrons. The molecule has 0 saturated heterocycles. The molecule has 0 unspecified atom stereocenters. The SMILES string of the molecule is C[C@@H]1[C@H](O)[C@@H](O)CC(C)(C)[C@H]1C=C[C@H](C)O. The maximum absolute atomic E-state index is 9.87. The van der Waals surface area contributed by atoms with E-state index in [0.29, 0.717) is 6.42 Å². The Balaban J connectivity index is 2.87. The molecular weight excluding hydrogens is 204 g/mol. The van der Waals surface area contributed by atoms with Crippen LogP contribution in [0.25, 0.3) is 0 Å². The van der Waals surface area contributed by atoms with Crippen LogP contribution in [0.1, 0.15) is 34.1 Å². The van der Waals surface area contributed by atoms with Gasteiger partial charge in [0.15, 0.2) is 0 Å². The largest absolute Gasteiger partial charge is 0.390 e. The fourth-order valence-corrected chi connectivity index (χ4v) is 2.79. The minimum absolute atomic E-state index is 0.00810. The minimum atomic E-state index is -0.670. The molecule has 1 aliphatic rings. The molecule has 0 aromatic rings. The topological polar surface area (TPSA) is 60.7 Å². The van der Waals surface area contributed by atoms with Gasteiger partial charge in [-0.25, -0.2) is 0 Å². The Labute approximate surface area is 97.8 Å². The second-order valence-corrected chi connectivity index (χ2v) is 5.76. The third-order valence-electron chi connectivity index (χ3n) is 3.73. The van der Waals surface area contributed by atoms with Crippen molar-refractivity contribution in [3.05, 3.63) is 12.2 Å². The van der Waals surface area contributed by atoms with Gasteiger partial charge >= 0.3 is 0 Å². The number of aliphatic hydroxyl groups excluding tert-OH is 3.